The van der Waals surface area contributed by atoms with Crippen LogP contribution in [0.1, 0.15) is 34.6 Å². The number of anilines is 1. The smallest absolute Gasteiger partial charge is 0.326 e. The second-order valence-corrected chi connectivity index (χ2v) is 6.20. The minimum absolute atomic E-state index is 0.302. The molecule has 9 heteroatoms. The Balaban J connectivity index is 1.79. The molecule has 3 amide bonds. The first-order valence-electron chi connectivity index (χ1n) is 9.21. The summed E-state index contributed by atoms with van der Waals surface area (Å²) in [6, 6.07) is 12.4. The summed E-state index contributed by atoms with van der Waals surface area (Å²) in [6.07, 6.45) is -1.09. The minimum Gasteiger partial charge on any atom is -0.494 e. The molecule has 0 aliphatic rings. The highest BCUT2D eigenvalue weighted by Crippen LogP contribution is 2.12. The Kier molecular flexibility index (Phi) is 7.92. The van der Waals surface area contributed by atoms with Crippen molar-refractivity contribution in [1.82, 2.24) is 5.32 Å². The van der Waals surface area contributed by atoms with Gasteiger partial charge in [-0.25, -0.2) is 0 Å². The number of carbonyl (C=O) groups is 4. The Morgan fingerprint density at radius 1 is 0.967 bits per heavy atom. The number of ether oxygens (including phenoxy) is 2. The molecule has 0 bridgehead atoms. The van der Waals surface area contributed by atoms with E-state index < -0.39 is 36.3 Å². The summed E-state index contributed by atoms with van der Waals surface area (Å²) in [4.78, 5) is 47.2. The second kappa shape index (κ2) is 10.6. The molecule has 0 unspecified atom stereocenters. The summed E-state index contributed by atoms with van der Waals surface area (Å²) in [5.74, 6) is -1.73. The van der Waals surface area contributed by atoms with Crippen molar-refractivity contribution >= 4 is 29.4 Å². The molecule has 0 saturated heterocycles. The van der Waals surface area contributed by atoms with Crippen molar-refractivity contribution < 1.29 is 28.7 Å². The van der Waals surface area contributed by atoms with E-state index in [1.54, 1.807) is 24.3 Å². The minimum atomic E-state index is -1.09. The molecule has 0 aliphatic heterocycles. The predicted octanol–water partition coefficient (Wildman–Crippen LogP) is 1.48. The summed E-state index contributed by atoms with van der Waals surface area (Å²) < 4.78 is 10.3. The zero-order valence-electron chi connectivity index (χ0n) is 16.6. The fourth-order valence-corrected chi connectivity index (χ4v) is 2.38. The normalized spacial score (nSPS) is 11.1. The van der Waals surface area contributed by atoms with Crippen LogP contribution in [0.2, 0.25) is 0 Å². The van der Waals surface area contributed by atoms with Gasteiger partial charge in [0, 0.05) is 16.8 Å². The van der Waals surface area contributed by atoms with E-state index in [0.29, 0.717) is 29.2 Å². The van der Waals surface area contributed by atoms with Gasteiger partial charge >= 0.3 is 5.97 Å². The molecular formula is C21H23N3O6. The van der Waals surface area contributed by atoms with E-state index in [9.17, 15) is 19.2 Å². The zero-order valence-corrected chi connectivity index (χ0v) is 16.6. The highest BCUT2D eigenvalue weighted by atomic mass is 16.5. The number of carbonyl (C=O) groups excluding carboxylic acids is 4. The Hall–Kier alpha value is -3.88. The summed E-state index contributed by atoms with van der Waals surface area (Å²) in [6.45, 7) is 3.38. The lowest BCUT2D eigenvalue weighted by Crippen LogP contribution is -2.35. The molecule has 0 radical (unpaired) electrons. The highest BCUT2D eigenvalue weighted by molar-refractivity contribution is 5.98. The molecule has 0 saturated carbocycles. The van der Waals surface area contributed by atoms with Crippen molar-refractivity contribution in [1.29, 1.82) is 0 Å². The van der Waals surface area contributed by atoms with Crippen LogP contribution in [-0.4, -0.2) is 42.9 Å². The summed E-state index contributed by atoms with van der Waals surface area (Å²) in [5.41, 5.74) is 6.23. The van der Waals surface area contributed by atoms with Crippen molar-refractivity contribution in [3.8, 4) is 5.75 Å². The molecule has 0 aliphatic carbocycles. The third-order valence-electron chi connectivity index (χ3n) is 3.94. The van der Waals surface area contributed by atoms with Crippen molar-refractivity contribution in [3.63, 3.8) is 0 Å². The van der Waals surface area contributed by atoms with Gasteiger partial charge in [-0.2, -0.15) is 0 Å². The first kappa shape index (κ1) is 22.4. The Bertz CT molecular complexity index is 909. The third-order valence-corrected chi connectivity index (χ3v) is 3.94. The Morgan fingerprint density at radius 3 is 2.13 bits per heavy atom. The van der Waals surface area contributed by atoms with E-state index >= 15 is 0 Å². The van der Waals surface area contributed by atoms with Gasteiger partial charge < -0.3 is 25.8 Å². The molecule has 1 atom stereocenters. The van der Waals surface area contributed by atoms with Crippen LogP contribution in [0.3, 0.4) is 0 Å². The monoisotopic (exact) mass is 413 g/mol. The Morgan fingerprint density at radius 2 is 1.57 bits per heavy atom. The topological polar surface area (TPSA) is 137 Å². The van der Waals surface area contributed by atoms with Gasteiger partial charge in [0.25, 0.3) is 11.8 Å². The molecule has 4 N–H and O–H groups in total. The van der Waals surface area contributed by atoms with Gasteiger partial charge in [0.15, 0.2) is 6.10 Å². The van der Waals surface area contributed by atoms with Crippen LogP contribution in [0.25, 0.3) is 0 Å². The highest BCUT2D eigenvalue weighted by Gasteiger charge is 2.18. The van der Waals surface area contributed by atoms with Gasteiger partial charge in [-0.1, -0.05) is 0 Å². The maximum atomic E-state index is 12.1. The predicted molar refractivity (Wildman–Crippen MR) is 109 cm³/mol. The molecule has 0 aromatic heterocycles. The maximum Gasteiger partial charge on any atom is 0.326 e. The molecule has 9 nitrogen and oxygen atoms in total. The van der Waals surface area contributed by atoms with Crippen LogP contribution in [0, 0.1) is 0 Å². The van der Waals surface area contributed by atoms with Crippen molar-refractivity contribution in [3.05, 3.63) is 59.7 Å². The summed E-state index contributed by atoms with van der Waals surface area (Å²) >= 11 is 0. The van der Waals surface area contributed by atoms with Crippen LogP contribution < -0.4 is 21.1 Å². The van der Waals surface area contributed by atoms with Crippen molar-refractivity contribution in [2.24, 2.45) is 5.73 Å². The van der Waals surface area contributed by atoms with E-state index in [4.69, 9.17) is 15.2 Å². The number of nitrogens with two attached hydrogens (primary N) is 1. The number of benzene rings is 2. The second-order valence-electron chi connectivity index (χ2n) is 6.20. The van der Waals surface area contributed by atoms with Crippen LogP contribution >= 0.6 is 0 Å². The van der Waals surface area contributed by atoms with E-state index in [0.717, 1.165) is 0 Å². The molecular weight excluding hydrogens is 390 g/mol. The quantitative estimate of drug-likeness (QED) is 0.533. The van der Waals surface area contributed by atoms with Crippen molar-refractivity contribution in [2.75, 3.05) is 18.5 Å². The third kappa shape index (κ3) is 6.62. The molecule has 2 aromatic rings. The molecule has 2 aromatic carbocycles. The van der Waals surface area contributed by atoms with E-state index in [2.05, 4.69) is 10.6 Å². The summed E-state index contributed by atoms with van der Waals surface area (Å²) in [5, 5.41) is 4.98. The lowest BCUT2D eigenvalue weighted by Gasteiger charge is -2.14. The molecule has 30 heavy (non-hydrogen) atoms. The van der Waals surface area contributed by atoms with Crippen LogP contribution in [0.15, 0.2) is 48.5 Å². The number of hydrogen-bond donors (Lipinski definition) is 3. The van der Waals surface area contributed by atoms with Crippen LogP contribution in [0.4, 0.5) is 5.69 Å². The number of amides is 3. The number of hydrogen-bond acceptors (Lipinski definition) is 6. The molecule has 0 spiro atoms. The zero-order chi connectivity index (χ0) is 22.1. The van der Waals surface area contributed by atoms with Gasteiger partial charge in [-0.3, -0.25) is 19.2 Å². The van der Waals surface area contributed by atoms with Crippen molar-refractivity contribution in [2.45, 2.75) is 20.0 Å². The van der Waals surface area contributed by atoms with Crippen LogP contribution in [0.5, 0.6) is 5.75 Å². The molecule has 2 rings (SSSR count). The lowest BCUT2D eigenvalue weighted by molar-refractivity contribution is -0.152. The molecule has 0 heterocycles. The molecule has 0 fully saturated rings. The first-order valence-corrected chi connectivity index (χ1v) is 9.21. The van der Waals surface area contributed by atoms with Gasteiger partial charge in [-0.05, 0) is 62.4 Å². The molecule has 158 valence electrons. The fourth-order valence-electron chi connectivity index (χ4n) is 2.38. The maximum absolute atomic E-state index is 12.1. The van der Waals surface area contributed by atoms with Gasteiger partial charge in [0.05, 0.1) is 6.61 Å². The SMILES string of the molecule is CCOc1ccc(C(=O)NCC(=O)O[C@H](C)C(=O)Nc2ccc(C(N)=O)cc2)cc1. The van der Waals surface area contributed by atoms with Gasteiger partial charge in [0.2, 0.25) is 5.91 Å². The largest absolute Gasteiger partial charge is 0.494 e. The first-order chi connectivity index (χ1) is 14.3. The Labute approximate surface area is 173 Å². The summed E-state index contributed by atoms with van der Waals surface area (Å²) in [7, 11) is 0. The standard InChI is InChI=1S/C21H23N3O6/c1-3-29-17-10-6-15(7-11-17)21(28)23-12-18(25)30-13(2)20(27)24-16-8-4-14(5-9-16)19(22)26/h4-11,13H,3,12H2,1-2H3,(H2,22,26)(H,23,28)(H,24,27)/t13-/m1/s1. The van der Waals surface area contributed by atoms with Gasteiger partial charge in [-0.15, -0.1) is 0 Å². The van der Waals surface area contributed by atoms with E-state index in [-0.39, 0.29) is 0 Å². The lowest BCUT2D eigenvalue weighted by atomic mass is 10.2. The number of nitrogens with one attached hydrogen (secondary N) is 2. The van der Waals surface area contributed by atoms with Crippen LogP contribution in [-0.2, 0) is 14.3 Å². The van der Waals surface area contributed by atoms with Gasteiger partial charge in [0.1, 0.15) is 12.3 Å². The number of esters is 1. The number of primary amides is 1. The van der Waals surface area contributed by atoms with E-state index in [1.165, 1.54) is 31.2 Å². The van der Waals surface area contributed by atoms with E-state index in [1.807, 2.05) is 6.92 Å². The number of rotatable bonds is 9. The average molecular weight is 413 g/mol. The average Bonchev–Trinajstić information content (AvgIpc) is 2.73. The fraction of sp³-hybridized carbons (Fsp3) is 0.238.